The zero-order chi connectivity index (χ0) is 12.4. The fourth-order valence-corrected chi connectivity index (χ4v) is 2.29. The van der Waals surface area contributed by atoms with Gasteiger partial charge in [0.15, 0.2) is 0 Å². The summed E-state index contributed by atoms with van der Waals surface area (Å²) in [4.78, 5) is 14.4. The molecule has 1 fully saturated rings. The molecule has 102 valence electrons. The Kier molecular flexibility index (Phi) is 5.16. The van der Waals surface area contributed by atoms with Crippen LogP contribution in [0.5, 0.6) is 0 Å². The van der Waals surface area contributed by atoms with Crippen LogP contribution < -0.4 is 5.32 Å². The third-order valence-electron chi connectivity index (χ3n) is 3.35. The quantitative estimate of drug-likeness (QED) is 0.826. The van der Waals surface area contributed by atoms with Crippen molar-refractivity contribution in [3.05, 3.63) is 17.0 Å². The van der Waals surface area contributed by atoms with Crippen molar-refractivity contribution in [2.75, 3.05) is 26.2 Å². The van der Waals surface area contributed by atoms with Gasteiger partial charge >= 0.3 is 0 Å². The highest BCUT2D eigenvalue weighted by atomic mass is 35.5. The Morgan fingerprint density at radius 2 is 2.00 bits per heavy atom. The lowest BCUT2D eigenvalue weighted by molar-refractivity contribution is 0.0765. The second-order valence-electron chi connectivity index (χ2n) is 4.57. The van der Waals surface area contributed by atoms with Gasteiger partial charge in [0, 0.05) is 32.4 Å². The van der Waals surface area contributed by atoms with E-state index in [0.717, 1.165) is 49.6 Å². The Hall–Kier alpha value is -1.07. The molecular weight excluding hydrogens is 252 g/mol. The van der Waals surface area contributed by atoms with E-state index in [2.05, 4.69) is 10.4 Å². The smallest absolute Gasteiger partial charge is 0.257 e. The zero-order valence-electron chi connectivity index (χ0n) is 11.2. The van der Waals surface area contributed by atoms with E-state index >= 15 is 0 Å². The molecule has 0 atom stereocenters. The number of hydrogen-bond donors (Lipinski definition) is 1. The fourth-order valence-electron chi connectivity index (χ4n) is 2.29. The molecule has 0 radical (unpaired) electrons. The van der Waals surface area contributed by atoms with Crippen molar-refractivity contribution in [3.8, 4) is 0 Å². The Morgan fingerprint density at radius 3 is 2.61 bits per heavy atom. The van der Waals surface area contributed by atoms with Gasteiger partial charge in [0.2, 0.25) is 0 Å². The highest BCUT2D eigenvalue weighted by Crippen LogP contribution is 2.15. The van der Waals surface area contributed by atoms with E-state index in [0.29, 0.717) is 0 Å². The Balaban J connectivity index is 0.00000162. The minimum atomic E-state index is 0. The van der Waals surface area contributed by atoms with E-state index in [-0.39, 0.29) is 18.3 Å². The maximum absolute atomic E-state index is 12.5. The van der Waals surface area contributed by atoms with Gasteiger partial charge in [-0.05, 0) is 26.8 Å². The largest absolute Gasteiger partial charge is 0.337 e. The van der Waals surface area contributed by atoms with Crippen LogP contribution >= 0.6 is 12.4 Å². The molecule has 2 heterocycles. The summed E-state index contributed by atoms with van der Waals surface area (Å²) < 4.78 is 1.78. The van der Waals surface area contributed by atoms with Crippen molar-refractivity contribution in [2.45, 2.75) is 20.3 Å². The molecule has 0 aromatic carbocycles. The molecule has 1 amide bonds. The van der Waals surface area contributed by atoms with Crippen LogP contribution in [0.15, 0.2) is 0 Å². The maximum Gasteiger partial charge on any atom is 0.257 e. The summed E-state index contributed by atoms with van der Waals surface area (Å²) >= 11 is 0. The maximum atomic E-state index is 12.5. The molecule has 1 N–H and O–H groups in total. The van der Waals surface area contributed by atoms with Crippen molar-refractivity contribution in [1.29, 1.82) is 0 Å². The van der Waals surface area contributed by atoms with E-state index in [1.54, 1.807) is 4.68 Å². The number of rotatable bonds is 1. The lowest BCUT2D eigenvalue weighted by Gasteiger charge is -2.20. The fraction of sp³-hybridized carbons (Fsp3) is 0.667. The summed E-state index contributed by atoms with van der Waals surface area (Å²) in [7, 11) is 1.88. The summed E-state index contributed by atoms with van der Waals surface area (Å²) in [6.45, 7) is 7.34. The zero-order valence-corrected chi connectivity index (χ0v) is 12.0. The van der Waals surface area contributed by atoms with Gasteiger partial charge in [0.05, 0.1) is 11.3 Å². The number of nitrogens with zero attached hydrogens (tertiary/aromatic N) is 3. The molecule has 0 unspecified atom stereocenters. The Labute approximate surface area is 114 Å². The number of halogens is 1. The van der Waals surface area contributed by atoms with Crippen LogP contribution in [0.2, 0.25) is 0 Å². The van der Waals surface area contributed by atoms with Crippen molar-refractivity contribution in [3.63, 3.8) is 0 Å². The highest BCUT2D eigenvalue weighted by molar-refractivity contribution is 5.96. The second kappa shape index (κ2) is 6.20. The third-order valence-corrected chi connectivity index (χ3v) is 3.35. The number of carbonyl (C=O) groups excluding carboxylic acids is 1. The Morgan fingerprint density at radius 1 is 1.28 bits per heavy atom. The van der Waals surface area contributed by atoms with Gasteiger partial charge in [-0.25, -0.2) is 0 Å². The number of nitrogens with one attached hydrogen (secondary N) is 1. The summed E-state index contributed by atoms with van der Waals surface area (Å²) in [6, 6.07) is 0. The van der Waals surface area contributed by atoms with Crippen LogP contribution in [0.3, 0.4) is 0 Å². The first-order chi connectivity index (χ1) is 8.11. The molecule has 1 aromatic rings. The molecule has 1 aliphatic rings. The van der Waals surface area contributed by atoms with Crippen LogP contribution in [0, 0.1) is 13.8 Å². The molecule has 1 aromatic heterocycles. The first kappa shape index (κ1) is 15.0. The third kappa shape index (κ3) is 2.84. The predicted octanol–water partition coefficient (Wildman–Crippen LogP) is 0.894. The average molecular weight is 273 g/mol. The molecule has 0 bridgehead atoms. The molecule has 0 saturated carbocycles. The van der Waals surface area contributed by atoms with E-state index < -0.39 is 0 Å². The minimum Gasteiger partial charge on any atom is -0.337 e. The van der Waals surface area contributed by atoms with Gasteiger partial charge < -0.3 is 10.2 Å². The number of aromatic nitrogens is 2. The molecule has 6 heteroatoms. The van der Waals surface area contributed by atoms with Gasteiger partial charge in [-0.2, -0.15) is 5.10 Å². The second-order valence-corrected chi connectivity index (χ2v) is 4.57. The highest BCUT2D eigenvalue weighted by Gasteiger charge is 2.23. The first-order valence-electron chi connectivity index (χ1n) is 6.11. The van der Waals surface area contributed by atoms with E-state index in [1.807, 2.05) is 25.8 Å². The summed E-state index contributed by atoms with van der Waals surface area (Å²) in [5.41, 5.74) is 2.55. The lowest BCUT2D eigenvalue weighted by atomic mass is 10.1. The van der Waals surface area contributed by atoms with E-state index in [1.165, 1.54) is 0 Å². The Bertz CT molecular complexity index is 422. The van der Waals surface area contributed by atoms with E-state index in [4.69, 9.17) is 0 Å². The molecule has 5 nitrogen and oxygen atoms in total. The SMILES string of the molecule is Cc1nn(C)c(C)c1C(=O)N1CCCNCC1.Cl. The molecule has 0 spiro atoms. The van der Waals surface area contributed by atoms with Crippen LogP contribution in [0.1, 0.15) is 28.2 Å². The minimum absolute atomic E-state index is 0. The standard InChI is InChI=1S/C12H20N4O.ClH/c1-9-11(10(2)15(3)14-9)12(17)16-7-4-5-13-6-8-16;/h13H,4-8H2,1-3H3;1H. The van der Waals surface area contributed by atoms with Gasteiger partial charge in [-0.1, -0.05) is 0 Å². The van der Waals surface area contributed by atoms with Crippen molar-refractivity contribution in [1.82, 2.24) is 20.0 Å². The van der Waals surface area contributed by atoms with Crippen LogP contribution in [-0.2, 0) is 7.05 Å². The molecular formula is C12H21ClN4O. The van der Waals surface area contributed by atoms with Crippen molar-refractivity contribution < 1.29 is 4.79 Å². The lowest BCUT2D eigenvalue weighted by Crippen LogP contribution is -2.34. The summed E-state index contributed by atoms with van der Waals surface area (Å²) in [5.74, 6) is 0.122. The topological polar surface area (TPSA) is 50.2 Å². The molecule has 1 saturated heterocycles. The van der Waals surface area contributed by atoms with Crippen molar-refractivity contribution in [2.24, 2.45) is 7.05 Å². The van der Waals surface area contributed by atoms with Gasteiger partial charge in [0.1, 0.15) is 0 Å². The van der Waals surface area contributed by atoms with Crippen LogP contribution in [0.4, 0.5) is 0 Å². The summed E-state index contributed by atoms with van der Waals surface area (Å²) in [5, 5.41) is 7.61. The van der Waals surface area contributed by atoms with Gasteiger partial charge in [0.25, 0.3) is 5.91 Å². The van der Waals surface area contributed by atoms with Gasteiger partial charge in [-0.3, -0.25) is 9.48 Å². The number of aryl methyl sites for hydroxylation is 2. The van der Waals surface area contributed by atoms with Crippen molar-refractivity contribution >= 4 is 18.3 Å². The number of hydrogen-bond acceptors (Lipinski definition) is 3. The predicted molar refractivity (Wildman–Crippen MR) is 73.3 cm³/mol. The average Bonchev–Trinajstić information content (AvgIpc) is 2.52. The van der Waals surface area contributed by atoms with E-state index in [9.17, 15) is 4.79 Å². The molecule has 18 heavy (non-hydrogen) atoms. The molecule has 2 rings (SSSR count). The number of carbonyl (C=O) groups is 1. The summed E-state index contributed by atoms with van der Waals surface area (Å²) in [6.07, 6.45) is 1.02. The van der Waals surface area contributed by atoms with Crippen LogP contribution in [-0.4, -0.2) is 46.8 Å². The molecule has 0 aliphatic carbocycles. The molecule has 1 aliphatic heterocycles. The van der Waals surface area contributed by atoms with Gasteiger partial charge in [-0.15, -0.1) is 12.4 Å². The first-order valence-corrected chi connectivity index (χ1v) is 6.11. The number of amides is 1. The monoisotopic (exact) mass is 272 g/mol. The van der Waals surface area contributed by atoms with Crippen LogP contribution in [0.25, 0.3) is 0 Å². The normalized spacial score (nSPS) is 16.1.